The monoisotopic (exact) mass is 796 g/mol. The summed E-state index contributed by atoms with van der Waals surface area (Å²) in [4.78, 5) is 0. The topological polar surface area (TPSA) is 9.86 Å². The van der Waals surface area contributed by atoms with E-state index < -0.39 is 0 Å². The number of hydrogen-bond donors (Lipinski definition) is 0. The third-order valence-electron chi connectivity index (χ3n) is 15.5. The second-order valence-corrected chi connectivity index (χ2v) is 19.0. The summed E-state index contributed by atoms with van der Waals surface area (Å²) in [6, 6.07) is 70.8. The Morgan fingerprint density at radius 1 is 0.403 bits per heavy atom. The SMILES string of the molecule is C=Cc1ccc(C23CC4CC(C2)CC(c2ccc(-c5ccc6c(c5)c5cc(-c7ccc8c9ccccc9n(-c9ccccc9)c8c7)ccc5n6-c5ccccc5)cc2)(C4)C3)cc1. The average Bonchev–Trinajstić information content (AvgIpc) is 3.83. The Balaban J connectivity index is 0.910. The van der Waals surface area contributed by atoms with E-state index in [-0.39, 0.29) is 5.41 Å². The van der Waals surface area contributed by atoms with Crippen molar-refractivity contribution in [1.82, 2.24) is 9.13 Å². The lowest BCUT2D eigenvalue weighted by atomic mass is 9.41. The van der Waals surface area contributed by atoms with Gasteiger partial charge in [0.2, 0.25) is 0 Å². The Bertz CT molecular complexity index is 3350. The van der Waals surface area contributed by atoms with E-state index in [0.717, 1.165) is 11.8 Å². The molecule has 8 aromatic carbocycles. The smallest absolute Gasteiger partial charge is 0.0547 e. The molecule has 0 spiro atoms. The van der Waals surface area contributed by atoms with Crippen molar-refractivity contribution in [3.8, 4) is 33.6 Å². The summed E-state index contributed by atoms with van der Waals surface area (Å²) in [5.41, 5.74) is 17.1. The predicted octanol–water partition coefficient (Wildman–Crippen LogP) is 15.6. The van der Waals surface area contributed by atoms with E-state index >= 15 is 0 Å². The summed E-state index contributed by atoms with van der Waals surface area (Å²) >= 11 is 0. The highest BCUT2D eigenvalue weighted by atomic mass is 15.0. The van der Waals surface area contributed by atoms with Crippen LogP contribution in [0.2, 0.25) is 0 Å². The summed E-state index contributed by atoms with van der Waals surface area (Å²) in [5, 5.41) is 5.09. The van der Waals surface area contributed by atoms with Crippen molar-refractivity contribution in [3.05, 3.63) is 211 Å². The van der Waals surface area contributed by atoms with Crippen molar-refractivity contribution < 1.29 is 0 Å². The van der Waals surface area contributed by atoms with E-state index in [4.69, 9.17) is 0 Å². The Morgan fingerprint density at radius 2 is 0.855 bits per heavy atom. The number of hydrogen-bond acceptors (Lipinski definition) is 0. The molecular weight excluding hydrogens is 749 g/mol. The molecule has 4 aliphatic carbocycles. The lowest BCUT2D eigenvalue weighted by Crippen LogP contribution is -2.55. The number of nitrogens with zero attached hydrogens (tertiary/aromatic N) is 2. The maximum absolute atomic E-state index is 4.01. The fourth-order valence-electron chi connectivity index (χ4n) is 13.2. The normalized spacial score (nSPS) is 21.7. The minimum absolute atomic E-state index is 0.266. The molecule has 2 heteroatoms. The zero-order valence-corrected chi connectivity index (χ0v) is 35.0. The van der Waals surface area contributed by atoms with Crippen LogP contribution in [0.5, 0.6) is 0 Å². The van der Waals surface area contributed by atoms with E-state index in [1.165, 1.54) is 121 Å². The van der Waals surface area contributed by atoms with Crippen LogP contribution in [-0.4, -0.2) is 9.13 Å². The van der Waals surface area contributed by atoms with Crippen LogP contribution in [0.1, 0.15) is 55.2 Å². The number of fused-ring (bicyclic) bond motifs is 6. The van der Waals surface area contributed by atoms with Gasteiger partial charge in [-0.1, -0.05) is 140 Å². The first-order chi connectivity index (χ1) is 30.5. The van der Waals surface area contributed by atoms with Gasteiger partial charge in [-0.3, -0.25) is 0 Å². The molecular formula is C60H48N2. The minimum Gasteiger partial charge on any atom is -0.309 e. The molecule has 62 heavy (non-hydrogen) atoms. The lowest BCUT2D eigenvalue weighted by molar-refractivity contribution is -0.0281. The quantitative estimate of drug-likeness (QED) is 0.152. The summed E-state index contributed by atoms with van der Waals surface area (Å²) < 4.78 is 4.85. The summed E-state index contributed by atoms with van der Waals surface area (Å²) in [5.74, 6) is 1.64. The lowest BCUT2D eigenvalue weighted by Gasteiger charge is -2.63. The highest BCUT2D eigenvalue weighted by Gasteiger charge is 2.58. The molecule has 0 N–H and O–H groups in total. The van der Waals surface area contributed by atoms with Crippen LogP contribution in [0.4, 0.5) is 0 Å². The van der Waals surface area contributed by atoms with Gasteiger partial charge >= 0.3 is 0 Å². The molecule has 0 aliphatic heterocycles. The van der Waals surface area contributed by atoms with Gasteiger partial charge in [0.1, 0.15) is 0 Å². The molecule has 0 amide bonds. The van der Waals surface area contributed by atoms with Gasteiger partial charge < -0.3 is 9.13 Å². The van der Waals surface area contributed by atoms with Crippen LogP contribution in [0, 0.1) is 11.8 Å². The largest absolute Gasteiger partial charge is 0.309 e. The first kappa shape index (κ1) is 35.8. The summed E-state index contributed by atoms with van der Waals surface area (Å²) in [6.07, 6.45) is 10.0. The average molecular weight is 797 g/mol. The number of benzene rings is 8. The number of rotatable bonds is 7. The summed E-state index contributed by atoms with van der Waals surface area (Å²) in [7, 11) is 0. The molecule has 298 valence electrons. The van der Waals surface area contributed by atoms with Gasteiger partial charge in [0.25, 0.3) is 0 Å². The fourth-order valence-corrected chi connectivity index (χ4v) is 13.2. The first-order valence-corrected chi connectivity index (χ1v) is 22.6. The fraction of sp³-hybridized carbons (Fsp3) is 0.167. The second kappa shape index (κ2) is 13.6. The Hall–Kier alpha value is -6.90. The minimum atomic E-state index is 0.266. The van der Waals surface area contributed by atoms with Crippen molar-refractivity contribution in [2.24, 2.45) is 11.8 Å². The van der Waals surface area contributed by atoms with E-state index in [1.54, 1.807) is 11.1 Å². The van der Waals surface area contributed by atoms with Crippen molar-refractivity contribution in [3.63, 3.8) is 0 Å². The maximum Gasteiger partial charge on any atom is 0.0547 e. The Morgan fingerprint density at radius 3 is 1.45 bits per heavy atom. The van der Waals surface area contributed by atoms with Crippen LogP contribution in [0.3, 0.4) is 0 Å². The van der Waals surface area contributed by atoms with Gasteiger partial charge in [-0.15, -0.1) is 0 Å². The zero-order chi connectivity index (χ0) is 41.0. The molecule has 2 heterocycles. The van der Waals surface area contributed by atoms with Crippen molar-refractivity contribution in [1.29, 1.82) is 0 Å². The molecule has 4 bridgehead atoms. The first-order valence-electron chi connectivity index (χ1n) is 22.6. The van der Waals surface area contributed by atoms with Crippen LogP contribution >= 0.6 is 0 Å². The molecule has 0 radical (unpaired) electrons. The van der Waals surface area contributed by atoms with E-state index in [0.29, 0.717) is 5.41 Å². The van der Waals surface area contributed by atoms with E-state index in [9.17, 15) is 0 Å². The van der Waals surface area contributed by atoms with Gasteiger partial charge in [0, 0.05) is 32.9 Å². The van der Waals surface area contributed by atoms with Gasteiger partial charge in [-0.2, -0.15) is 0 Å². The van der Waals surface area contributed by atoms with Gasteiger partial charge in [-0.05, 0) is 161 Å². The molecule has 4 aliphatic rings. The number of para-hydroxylation sites is 3. The second-order valence-electron chi connectivity index (χ2n) is 19.0. The molecule has 10 aromatic rings. The van der Waals surface area contributed by atoms with E-state index in [2.05, 4.69) is 204 Å². The molecule has 4 fully saturated rings. The predicted molar refractivity (Wildman–Crippen MR) is 261 cm³/mol. The molecule has 2 unspecified atom stereocenters. The van der Waals surface area contributed by atoms with Crippen LogP contribution in [0.25, 0.3) is 83.3 Å². The zero-order valence-electron chi connectivity index (χ0n) is 35.0. The van der Waals surface area contributed by atoms with Gasteiger partial charge in [-0.25, -0.2) is 0 Å². The van der Waals surface area contributed by atoms with Crippen molar-refractivity contribution >= 4 is 49.7 Å². The molecule has 2 nitrogen and oxygen atoms in total. The maximum atomic E-state index is 4.01. The molecule has 2 aromatic heterocycles. The van der Waals surface area contributed by atoms with Crippen molar-refractivity contribution in [2.75, 3.05) is 0 Å². The van der Waals surface area contributed by atoms with E-state index in [1.807, 2.05) is 6.08 Å². The standard InChI is InChI=1S/C60H48N2/c1-2-40-17-24-47(25-18-40)59-35-41-31-42(36-59)38-60(37-41,39-59)48-26-19-43(20-27-48)44-22-29-56-53(32-44)54-33-45(23-30-57(54)61(56)49-11-5-3-6-12-49)46-21-28-52-51-15-9-10-16-55(51)62(58(52)34-46)50-13-7-4-8-14-50/h2-30,32-34,41-42H,1,31,35-39H2. The molecule has 2 atom stereocenters. The highest BCUT2D eigenvalue weighted by Crippen LogP contribution is 2.66. The van der Waals surface area contributed by atoms with Gasteiger partial charge in [0.15, 0.2) is 0 Å². The Kier molecular flexibility index (Phi) is 7.83. The third kappa shape index (κ3) is 5.42. The summed E-state index contributed by atoms with van der Waals surface area (Å²) in [6.45, 7) is 4.01. The molecule has 0 saturated heterocycles. The third-order valence-corrected chi connectivity index (χ3v) is 15.5. The highest BCUT2D eigenvalue weighted by molar-refractivity contribution is 6.13. The Labute approximate surface area is 363 Å². The number of aromatic nitrogens is 2. The van der Waals surface area contributed by atoms with Crippen LogP contribution in [0.15, 0.2) is 195 Å². The van der Waals surface area contributed by atoms with Crippen LogP contribution in [-0.2, 0) is 10.8 Å². The van der Waals surface area contributed by atoms with Gasteiger partial charge in [0.05, 0.1) is 22.1 Å². The molecule has 14 rings (SSSR count). The molecule has 4 saturated carbocycles. The van der Waals surface area contributed by atoms with Crippen LogP contribution < -0.4 is 0 Å². The van der Waals surface area contributed by atoms with Crippen molar-refractivity contribution in [2.45, 2.75) is 49.4 Å².